The van der Waals surface area contributed by atoms with E-state index in [0.717, 1.165) is 12.5 Å². The van der Waals surface area contributed by atoms with Gasteiger partial charge < -0.3 is 25.2 Å². The van der Waals surface area contributed by atoms with Gasteiger partial charge in [0.1, 0.15) is 22.8 Å². The summed E-state index contributed by atoms with van der Waals surface area (Å²) in [7, 11) is 0. The minimum Gasteiger partial charge on any atom is -0.511 e. The standard InChI is InChI=1S/C35H44O9/c1-9-10-13-44-23(37)12-11-20-14-21(17(2)3)22-15-33(7)16-34(8)26(18(4)5)29(39)24(19(6)36)31(41)35(34,43)32(42)27(33)30(40)25(22)28(20)38/h9,14,17-18,26,38-39,42-43H,1,10-13,15-16H2,2-8H3/t26?,33-,34-,35+/m1/s1. The van der Waals surface area contributed by atoms with E-state index in [2.05, 4.69) is 6.58 Å². The average Bonchev–Trinajstić information content (AvgIpc) is 2.89. The Morgan fingerprint density at radius 1 is 1.14 bits per heavy atom. The molecular formula is C35H44O9. The molecule has 0 bridgehead atoms. The van der Waals surface area contributed by atoms with E-state index in [4.69, 9.17) is 4.74 Å². The molecule has 1 aromatic rings. The number of carbonyl (C=O) groups excluding carboxylic acids is 4. The number of rotatable bonds is 9. The second kappa shape index (κ2) is 11.3. The molecule has 3 aliphatic rings. The zero-order valence-electron chi connectivity index (χ0n) is 26.7. The first-order chi connectivity index (χ1) is 20.4. The van der Waals surface area contributed by atoms with Crippen LogP contribution >= 0.6 is 0 Å². The van der Waals surface area contributed by atoms with Crippen molar-refractivity contribution < 1.29 is 44.3 Å². The fourth-order valence-corrected chi connectivity index (χ4v) is 8.16. The molecule has 4 N–H and O–H groups in total. The molecule has 0 aliphatic heterocycles. The molecule has 0 heterocycles. The quantitative estimate of drug-likeness (QED) is 0.123. The molecule has 0 aromatic heterocycles. The Balaban J connectivity index is 1.92. The number of benzene rings is 1. The van der Waals surface area contributed by atoms with Crippen molar-refractivity contribution in [3.8, 4) is 5.75 Å². The van der Waals surface area contributed by atoms with Crippen molar-refractivity contribution in [3.05, 3.63) is 63.6 Å². The second-order valence-electron chi connectivity index (χ2n) is 13.7. The van der Waals surface area contributed by atoms with Crippen LogP contribution in [0.1, 0.15) is 101 Å². The number of carbonyl (C=O) groups is 4. The van der Waals surface area contributed by atoms with Gasteiger partial charge in [-0.25, -0.2) is 0 Å². The summed E-state index contributed by atoms with van der Waals surface area (Å²) >= 11 is 0. The summed E-state index contributed by atoms with van der Waals surface area (Å²) in [5, 5.41) is 46.8. The molecule has 238 valence electrons. The van der Waals surface area contributed by atoms with Crippen molar-refractivity contribution >= 4 is 23.3 Å². The van der Waals surface area contributed by atoms with Crippen LogP contribution in [0.3, 0.4) is 0 Å². The molecule has 44 heavy (non-hydrogen) atoms. The number of fused-ring (bicyclic) bond motifs is 3. The SMILES string of the molecule is C=CCCOC(=O)CCc1cc(C(C)C)c2c(c1O)C(=O)C1=C(O)[C@@]3(O)C(=O)C(C(C)=O)=C(O)C(C(C)C)[C@@]3(C)C[C@@]1(C)C2. The van der Waals surface area contributed by atoms with Crippen LogP contribution in [0.4, 0.5) is 0 Å². The zero-order valence-corrected chi connectivity index (χ0v) is 26.7. The number of phenols is 1. The van der Waals surface area contributed by atoms with Crippen LogP contribution < -0.4 is 0 Å². The molecule has 0 saturated carbocycles. The first-order valence-electron chi connectivity index (χ1n) is 15.2. The lowest BCUT2D eigenvalue weighted by atomic mass is 9.44. The third kappa shape index (κ3) is 4.71. The third-order valence-corrected chi connectivity index (χ3v) is 9.93. The largest absolute Gasteiger partial charge is 0.511 e. The smallest absolute Gasteiger partial charge is 0.306 e. The van der Waals surface area contributed by atoms with Crippen LogP contribution in [0.15, 0.2) is 41.4 Å². The van der Waals surface area contributed by atoms with E-state index in [1.165, 1.54) is 0 Å². The van der Waals surface area contributed by atoms with E-state index in [9.17, 15) is 39.6 Å². The highest BCUT2D eigenvalue weighted by molar-refractivity contribution is 6.25. The number of esters is 1. The maximum Gasteiger partial charge on any atom is 0.306 e. The molecule has 3 aliphatic carbocycles. The van der Waals surface area contributed by atoms with Crippen LogP contribution in [0.2, 0.25) is 0 Å². The number of ketones is 3. The summed E-state index contributed by atoms with van der Waals surface area (Å²) in [6.45, 7) is 15.8. The molecule has 0 amide bonds. The monoisotopic (exact) mass is 608 g/mol. The second-order valence-corrected chi connectivity index (χ2v) is 13.7. The number of Topliss-reactive ketones (excluding diaryl/α,β-unsaturated/α-hetero) is 3. The highest BCUT2D eigenvalue weighted by Gasteiger charge is 2.71. The normalized spacial score (nSPS) is 28.2. The summed E-state index contributed by atoms with van der Waals surface area (Å²) in [5.74, 6) is -5.99. The van der Waals surface area contributed by atoms with E-state index in [1.54, 1.807) is 39.8 Å². The zero-order chi connectivity index (χ0) is 33.1. The van der Waals surface area contributed by atoms with Crippen LogP contribution in [0.25, 0.3) is 0 Å². The van der Waals surface area contributed by atoms with Crippen molar-refractivity contribution in [1.29, 1.82) is 0 Å². The predicted molar refractivity (Wildman–Crippen MR) is 163 cm³/mol. The van der Waals surface area contributed by atoms with Gasteiger partial charge in [-0.3, -0.25) is 19.2 Å². The Bertz CT molecular complexity index is 1530. The fraction of sp³-hybridized carbons (Fsp3) is 0.543. The van der Waals surface area contributed by atoms with Crippen molar-refractivity contribution in [1.82, 2.24) is 0 Å². The lowest BCUT2D eigenvalue weighted by Crippen LogP contribution is -2.67. The minimum absolute atomic E-state index is 0.0293. The lowest BCUT2D eigenvalue weighted by molar-refractivity contribution is -0.171. The number of hydrogen-bond donors (Lipinski definition) is 4. The van der Waals surface area contributed by atoms with Gasteiger partial charge in [-0.15, -0.1) is 6.58 Å². The number of aromatic hydroxyl groups is 1. The van der Waals surface area contributed by atoms with E-state index in [0.29, 0.717) is 17.5 Å². The number of hydrogen-bond acceptors (Lipinski definition) is 9. The Morgan fingerprint density at radius 3 is 2.32 bits per heavy atom. The minimum atomic E-state index is -2.67. The van der Waals surface area contributed by atoms with Gasteiger partial charge in [-0.05, 0) is 61.1 Å². The molecule has 1 unspecified atom stereocenters. The van der Waals surface area contributed by atoms with Gasteiger partial charge in [-0.2, -0.15) is 0 Å². The van der Waals surface area contributed by atoms with Gasteiger partial charge in [-0.1, -0.05) is 53.7 Å². The first kappa shape index (κ1) is 33.2. The van der Waals surface area contributed by atoms with E-state index in [1.807, 2.05) is 13.8 Å². The highest BCUT2D eigenvalue weighted by Crippen LogP contribution is 2.65. The maximum atomic E-state index is 14.4. The molecule has 0 spiro atoms. The molecule has 0 radical (unpaired) electrons. The van der Waals surface area contributed by atoms with E-state index < -0.39 is 62.8 Å². The molecule has 0 saturated heterocycles. The van der Waals surface area contributed by atoms with Crippen molar-refractivity contribution in [3.63, 3.8) is 0 Å². The number of aliphatic hydroxyl groups excluding tert-OH is 2. The summed E-state index contributed by atoms with van der Waals surface area (Å²) in [6, 6.07) is 1.80. The number of aliphatic hydroxyl groups is 3. The maximum absolute atomic E-state index is 14.4. The van der Waals surface area contributed by atoms with Gasteiger partial charge >= 0.3 is 5.97 Å². The summed E-state index contributed by atoms with van der Waals surface area (Å²) in [5.41, 5.74) is -4.30. The molecule has 9 nitrogen and oxygen atoms in total. The van der Waals surface area contributed by atoms with Gasteiger partial charge in [0.05, 0.1) is 12.2 Å². The molecule has 1 aromatic carbocycles. The Labute approximate surface area is 258 Å². The highest BCUT2D eigenvalue weighted by atomic mass is 16.5. The summed E-state index contributed by atoms with van der Waals surface area (Å²) in [4.78, 5) is 53.2. The van der Waals surface area contributed by atoms with Crippen LogP contribution in [0.5, 0.6) is 5.75 Å². The van der Waals surface area contributed by atoms with Gasteiger partial charge in [0.2, 0.25) is 5.78 Å². The molecule has 4 rings (SSSR count). The molecule has 0 fully saturated rings. The van der Waals surface area contributed by atoms with Gasteiger partial charge in [0.15, 0.2) is 17.2 Å². The van der Waals surface area contributed by atoms with Crippen LogP contribution in [-0.2, 0) is 32.0 Å². The summed E-state index contributed by atoms with van der Waals surface area (Å²) < 4.78 is 5.19. The summed E-state index contributed by atoms with van der Waals surface area (Å²) in [6.07, 6.45) is 2.44. The van der Waals surface area contributed by atoms with E-state index in [-0.39, 0.29) is 61.0 Å². The topological polar surface area (TPSA) is 158 Å². The van der Waals surface area contributed by atoms with Gasteiger partial charge in [0, 0.05) is 28.7 Å². The predicted octanol–water partition coefficient (Wildman–Crippen LogP) is 5.52. The van der Waals surface area contributed by atoms with Crippen molar-refractivity contribution in [2.24, 2.45) is 22.7 Å². The number of phenolic OH excluding ortho intramolecular Hbond substituents is 1. The Kier molecular flexibility index (Phi) is 8.54. The number of allylic oxidation sites excluding steroid dienone is 2. The van der Waals surface area contributed by atoms with Gasteiger partial charge in [0.25, 0.3) is 0 Å². The molecule has 9 heteroatoms. The fourth-order valence-electron chi connectivity index (χ4n) is 8.16. The Morgan fingerprint density at radius 2 is 1.77 bits per heavy atom. The van der Waals surface area contributed by atoms with Crippen molar-refractivity contribution in [2.75, 3.05) is 6.61 Å². The van der Waals surface area contributed by atoms with Crippen LogP contribution in [-0.4, -0.2) is 56.0 Å². The average molecular weight is 609 g/mol. The van der Waals surface area contributed by atoms with Crippen LogP contribution in [0, 0.1) is 22.7 Å². The molecule has 4 atom stereocenters. The number of aryl methyl sites for hydroxylation is 1. The number of ether oxygens (including phenoxy) is 1. The Hall–Kier alpha value is -3.72. The third-order valence-electron chi connectivity index (χ3n) is 9.93. The van der Waals surface area contributed by atoms with Crippen molar-refractivity contribution in [2.45, 2.75) is 92.1 Å². The lowest BCUT2D eigenvalue weighted by Gasteiger charge is -2.59. The molecular weight excluding hydrogens is 564 g/mol. The first-order valence-corrected chi connectivity index (χ1v) is 15.2. The van der Waals surface area contributed by atoms with E-state index >= 15 is 0 Å².